The van der Waals surface area contributed by atoms with Crippen LogP contribution in [0, 0.1) is 5.41 Å². The molecular weight excluding hydrogens is 160 g/mol. The number of nitrogens with two attached hydrogens (primary N) is 1. The zero-order valence-corrected chi connectivity index (χ0v) is 8.34. The first-order chi connectivity index (χ1) is 6.35. The Kier molecular flexibility index (Phi) is 2.70. The number of hydrogen-bond acceptors (Lipinski definition) is 2. The molecule has 0 spiro atoms. The lowest BCUT2D eigenvalue weighted by molar-refractivity contribution is 0.189. The summed E-state index contributed by atoms with van der Waals surface area (Å²) < 4.78 is 0. The molecule has 2 nitrogen and oxygen atoms in total. The van der Waals surface area contributed by atoms with E-state index >= 15 is 0 Å². The van der Waals surface area contributed by atoms with Gasteiger partial charge in [-0.05, 0) is 24.8 Å². The fourth-order valence-corrected chi connectivity index (χ4v) is 2.68. The van der Waals surface area contributed by atoms with Gasteiger partial charge in [0.1, 0.15) is 0 Å². The number of hydrogen-bond donors (Lipinski definition) is 1. The molecule has 0 aromatic heterocycles. The Hall–Kier alpha value is -0.340. The monoisotopic (exact) mass is 180 g/mol. The minimum atomic E-state index is 0.464. The van der Waals surface area contributed by atoms with Crippen molar-refractivity contribution in [3.63, 3.8) is 0 Å². The van der Waals surface area contributed by atoms with Crippen LogP contribution in [-0.4, -0.2) is 31.1 Å². The Morgan fingerprint density at radius 2 is 1.77 bits per heavy atom. The zero-order chi connectivity index (χ0) is 9.15. The molecule has 2 heteroatoms. The third-order valence-electron chi connectivity index (χ3n) is 3.55. The van der Waals surface area contributed by atoms with E-state index in [9.17, 15) is 0 Å². The van der Waals surface area contributed by atoms with Crippen LogP contribution in [0.15, 0.2) is 12.2 Å². The summed E-state index contributed by atoms with van der Waals surface area (Å²) in [6.07, 6.45) is 10.00. The molecule has 1 fully saturated rings. The summed E-state index contributed by atoms with van der Waals surface area (Å²) in [5.74, 6) is 0. The summed E-state index contributed by atoms with van der Waals surface area (Å²) in [4.78, 5) is 2.51. The Labute approximate surface area is 80.8 Å². The maximum atomic E-state index is 5.90. The standard InChI is InChI=1S/C11H20N2/c12-9-11(5-1-2-6-11)10-13-7-3-4-8-13/h3-4H,1-2,5-10,12H2. The van der Waals surface area contributed by atoms with E-state index < -0.39 is 0 Å². The average molecular weight is 180 g/mol. The molecule has 1 heterocycles. The maximum Gasteiger partial charge on any atom is 0.0167 e. The van der Waals surface area contributed by atoms with Crippen molar-refractivity contribution in [3.8, 4) is 0 Å². The first kappa shape index (κ1) is 9.22. The van der Waals surface area contributed by atoms with Gasteiger partial charge in [0.25, 0.3) is 0 Å². The summed E-state index contributed by atoms with van der Waals surface area (Å²) >= 11 is 0. The van der Waals surface area contributed by atoms with E-state index in [4.69, 9.17) is 5.73 Å². The molecule has 1 saturated carbocycles. The lowest BCUT2D eigenvalue weighted by atomic mass is 9.86. The van der Waals surface area contributed by atoms with Gasteiger partial charge < -0.3 is 5.73 Å². The van der Waals surface area contributed by atoms with Gasteiger partial charge in [-0.1, -0.05) is 25.0 Å². The van der Waals surface area contributed by atoms with Crippen LogP contribution in [0.25, 0.3) is 0 Å². The van der Waals surface area contributed by atoms with Gasteiger partial charge in [0.2, 0.25) is 0 Å². The molecule has 0 radical (unpaired) electrons. The van der Waals surface area contributed by atoms with Gasteiger partial charge in [-0.3, -0.25) is 4.90 Å². The van der Waals surface area contributed by atoms with Crippen LogP contribution in [0.4, 0.5) is 0 Å². The molecule has 1 aliphatic heterocycles. The van der Waals surface area contributed by atoms with Gasteiger partial charge in [0, 0.05) is 19.6 Å². The molecule has 0 aromatic carbocycles. The molecule has 0 unspecified atom stereocenters. The highest BCUT2D eigenvalue weighted by molar-refractivity contribution is 4.98. The van der Waals surface area contributed by atoms with Crippen LogP contribution in [0.1, 0.15) is 25.7 Å². The molecule has 1 aliphatic carbocycles. The molecule has 13 heavy (non-hydrogen) atoms. The van der Waals surface area contributed by atoms with E-state index in [0.717, 1.165) is 19.6 Å². The molecule has 2 N–H and O–H groups in total. The minimum Gasteiger partial charge on any atom is -0.330 e. The lowest BCUT2D eigenvalue weighted by Crippen LogP contribution is -2.39. The summed E-state index contributed by atoms with van der Waals surface area (Å²) in [5, 5.41) is 0. The van der Waals surface area contributed by atoms with E-state index in [1.807, 2.05) is 0 Å². The Bertz CT molecular complexity index is 184. The molecule has 0 amide bonds. The van der Waals surface area contributed by atoms with E-state index in [0.29, 0.717) is 5.41 Å². The van der Waals surface area contributed by atoms with Crippen molar-refractivity contribution in [1.29, 1.82) is 0 Å². The fraction of sp³-hybridized carbons (Fsp3) is 0.818. The largest absolute Gasteiger partial charge is 0.330 e. The Morgan fingerprint density at radius 1 is 1.15 bits per heavy atom. The maximum absolute atomic E-state index is 5.90. The molecule has 0 saturated heterocycles. The van der Waals surface area contributed by atoms with E-state index in [1.165, 1.54) is 32.2 Å². The van der Waals surface area contributed by atoms with E-state index in [1.54, 1.807) is 0 Å². The molecule has 0 aromatic rings. The average Bonchev–Trinajstić information content (AvgIpc) is 2.77. The SMILES string of the molecule is NCC1(CN2CC=CC2)CCCC1. The van der Waals surface area contributed by atoms with Crippen LogP contribution in [0.2, 0.25) is 0 Å². The van der Waals surface area contributed by atoms with Gasteiger partial charge in [-0.25, -0.2) is 0 Å². The second kappa shape index (κ2) is 3.81. The van der Waals surface area contributed by atoms with Crippen molar-refractivity contribution in [2.24, 2.45) is 11.1 Å². The summed E-state index contributed by atoms with van der Waals surface area (Å²) in [6, 6.07) is 0. The van der Waals surface area contributed by atoms with Crippen molar-refractivity contribution in [1.82, 2.24) is 4.90 Å². The Morgan fingerprint density at radius 3 is 2.31 bits per heavy atom. The van der Waals surface area contributed by atoms with Crippen molar-refractivity contribution in [2.45, 2.75) is 25.7 Å². The van der Waals surface area contributed by atoms with Crippen molar-refractivity contribution in [2.75, 3.05) is 26.2 Å². The fourth-order valence-electron chi connectivity index (χ4n) is 2.68. The zero-order valence-electron chi connectivity index (χ0n) is 8.34. The minimum absolute atomic E-state index is 0.464. The van der Waals surface area contributed by atoms with E-state index in [2.05, 4.69) is 17.1 Å². The third-order valence-corrected chi connectivity index (χ3v) is 3.55. The van der Waals surface area contributed by atoms with Gasteiger partial charge in [0.05, 0.1) is 0 Å². The van der Waals surface area contributed by atoms with Crippen LogP contribution in [-0.2, 0) is 0 Å². The molecule has 0 atom stereocenters. The summed E-state index contributed by atoms with van der Waals surface area (Å²) in [5.41, 5.74) is 6.36. The summed E-state index contributed by atoms with van der Waals surface area (Å²) in [6.45, 7) is 4.38. The van der Waals surface area contributed by atoms with Gasteiger partial charge in [-0.2, -0.15) is 0 Å². The number of rotatable bonds is 3. The predicted molar refractivity (Wildman–Crippen MR) is 55.5 cm³/mol. The van der Waals surface area contributed by atoms with Crippen molar-refractivity contribution >= 4 is 0 Å². The first-order valence-corrected chi connectivity index (χ1v) is 5.42. The van der Waals surface area contributed by atoms with Crippen LogP contribution < -0.4 is 5.73 Å². The molecular formula is C11H20N2. The normalized spacial score (nSPS) is 27.2. The molecule has 2 aliphatic rings. The highest BCUT2D eigenvalue weighted by atomic mass is 15.1. The van der Waals surface area contributed by atoms with Crippen molar-refractivity contribution < 1.29 is 0 Å². The van der Waals surface area contributed by atoms with Crippen LogP contribution in [0.5, 0.6) is 0 Å². The second-order valence-corrected chi connectivity index (χ2v) is 4.58. The molecule has 74 valence electrons. The van der Waals surface area contributed by atoms with Gasteiger partial charge in [0.15, 0.2) is 0 Å². The van der Waals surface area contributed by atoms with Gasteiger partial charge >= 0.3 is 0 Å². The lowest BCUT2D eigenvalue weighted by Gasteiger charge is -2.32. The topological polar surface area (TPSA) is 29.3 Å². The van der Waals surface area contributed by atoms with E-state index in [-0.39, 0.29) is 0 Å². The quantitative estimate of drug-likeness (QED) is 0.665. The highest BCUT2D eigenvalue weighted by Crippen LogP contribution is 2.37. The predicted octanol–water partition coefficient (Wildman–Crippen LogP) is 1.38. The second-order valence-electron chi connectivity index (χ2n) is 4.58. The smallest absolute Gasteiger partial charge is 0.0167 e. The Balaban J connectivity index is 1.89. The first-order valence-electron chi connectivity index (χ1n) is 5.42. The van der Waals surface area contributed by atoms with Crippen LogP contribution in [0.3, 0.4) is 0 Å². The van der Waals surface area contributed by atoms with Gasteiger partial charge in [-0.15, -0.1) is 0 Å². The summed E-state index contributed by atoms with van der Waals surface area (Å²) in [7, 11) is 0. The van der Waals surface area contributed by atoms with Crippen molar-refractivity contribution in [3.05, 3.63) is 12.2 Å². The third kappa shape index (κ3) is 1.94. The molecule has 2 rings (SSSR count). The molecule has 0 bridgehead atoms. The number of nitrogens with zero attached hydrogens (tertiary/aromatic N) is 1. The highest BCUT2D eigenvalue weighted by Gasteiger charge is 2.34. The van der Waals surface area contributed by atoms with Crippen LogP contribution >= 0.6 is 0 Å².